The van der Waals surface area contributed by atoms with Crippen molar-refractivity contribution in [2.45, 2.75) is 197 Å². The van der Waals surface area contributed by atoms with Crippen LogP contribution in [0.5, 0.6) is 0 Å². The number of hydrogen-bond acceptors (Lipinski definition) is 10. The minimum absolute atomic E-state index is 0. The monoisotopic (exact) mass is 1550 g/mol. The molecule has 567 valence electrons. The molecule has 18 nitrogen and oxygen atoms in total. The van der Waals surface area contributed by atoms with Gasteiger partial charge in [-0.3, -0.25) is 0 Å². The summed E-state index contributed by atoms with van der Waals surface area (Å²) in [5.74, 6) is 0.688. The maximum atomic E-state index is 15.0. The van der Waals surface area contributed by atoms with E-state index in [0.29, 0.717) is 172 Å². The number of aryl methyl sites for hydroxylation is 8. The van der Waals surface area contributed by atoms with E-state index in [-0.39, 0.29) is 62.8 Å². The Morgan fingerprint density at radius 3 is 0.762 bits per heavy atom. The Morgan fingerprint density at radius 2 is 0.552 bits per heavy atom. The van der Waals surface area contributed by atoms with E-state index < -0.39 is 40.1 Å². The van der Waals surface area contributed by atoms with Crippen molar-refractivity contribution in [2.24, 2.45) is 11.8 Å². The summed E-state index contributed by atoms with van der Waals surface area (Å²) in [4.78, 5) is 25.6. The van der Waals surface area contributed by atoms with E-state index in [2.05, 4.69) is 74.3 Å². The van der Waals surface area contributed by atoms with Gasteiger partial charge in [0.15, 0.2) is 0 Å². The van der Waals surface area contributed by atoms with Crippen LogP contribution in [0, 0.1) is 94.9 Å². The summed E-state index contributed by atoms with van der Waals surface area (Å²) in [5, 5.41) is 0. The number of hydrogen-bond donors (Lipinski definition) is 6. The molecule has 0 aliphatic carbocycles. The summed E-state index contributed by atoms with van der Waals surface area (Å²) in [5.41, 5.74) is 15.1. The molecule has 0 amide bonds. The smallest absolute Gasteiger partial charge is 0.657 e. The van der Waals surface area contributed by atoms with E-state index in [4.69, 9.17) is 19.9 Å². The second kappa shape index (κ2) is 34.8. The van der Waals surface area contributed by atoms with Crippen LogP contribution in [0.15, 0.2) is 68.1 Å². The average molecular weight is 1550 g/mol. The molecule has 7 aromatic rings. The Balaban J connectivity index is 0.0000139. The van der Waals surface area contributed by atoms with Crippen molar-refractivity contribution in [3.63, 3.8) is 0 Å². The number of fused-ring (bicyclic) bond motifs is 8. The van der Waals surface area contributed by atoms with Gasteiger partial charge in [-0.2, -0.15) is 0 Å². The van der Waals surface area contributed by atoms with E-state index in [1.54, 1.807) is 0 Å². The molecule has 1 radical (unpaired) electrons. The minimum Gasteiger partial charge on any atom is -0.657 e. The first-order chi connectivity index (χ1) is 49.2. The predicted octanol–water partition coefficient (Wildman–Crippen LogP) is 12.9. The Morgan fingerprint density at radius 1 is 0.333 bits per heavy atom. The van der Waals surface area contributed by atoms with E-state index in [9.17, 15) is 33.7 Å². The Labute approximate surface area is 637 Å². The van der Waals surface area contributed by atoms with Crippen LogP contribution in [0.1, 0.15) is 183 Å². The molecule has 2 aliphatic rings. The maximum absolute atomic E-state index is 15.0. The van der Waals surface area contributed by atoms with Gasteiger partial charge in [-0.1, -0.05) is 102 Å². The maximum Gasteiger partial charge on any atom is 2.00 e. The SMILES string of the molecule is CCC(CC)CCNS(=O)(=O)c1c(C)cc(C)c(-c2c3nc(c(-c4c(C)cc(C)c(S(=O)(=O)NCCC(CC)CC)c4C)c4ccc([n-]4)c(-c4c(C)cc(C)c(S(=O)(=O)NCC[NH+](CC)CC)c4C)c4nc(c(-c5c(C)cc(C)c(S(=O)(=O)NCC[NH+](CC)CC)c5C)c5ccc2[n-]5)C=C4)C=C3)c1C.[Mn+2]. The number of nitrogens with one attached hydrogen (secondary N) is 6. The third-order valence-corrected chi connectivity index (χ3v) is 28.8. The van der Waals surface area contributed by atoms with Gasteiger partial charge in [0.1, 0.15) is 0 Å². The summed E-state index contributed by atoms with van der Waals surface area (Å²) < 4.78 is 132. The third kappa shape index (κ3) is 17.5. The molecule has 0 atom stereocenters. The topological polar surface area (TPSA) is 248 Å². The molecule has 4 aromatic carbocycles. The molecule has 0 spiro atoms. The van der Waals surface area contributed by atoms with Gasteiger partial charge < -0.3 is 19.8 Å². The normalized spacial score (nSPS) is 12.9. The number of quaternary nitrogens is 2. The molecule has 0 saturated heterocycles. The van der Waals surface area contributed by atoms with Gasteiger partial charge in [-0.05, 0) is 271 Å². The molecule has 6 N–H and O–H groups in total. The molecule has 9 rings (SSSR count). The quantitative estimate of drug-likeness (QED) is 0.0216. The van der Waals surface area contributed by atoms with Gasteiger partial charge in [0, 0.05) is 13.1 Å². The summed E-state index contributed by atoms with van der Waals surface area (Å²) in [6.45, 7) is 44.7. The number of likely N-dealkylation sites (N-methyl/N-ethyl adjacent to an activating group) is 2. The first kappa shape index (κ1) is 84.2. The zero-order valence-corrected chi connectivity index (χ0v) is 69.9. The van der Waals surface area contributed by atoms with Crippen molar-refractivity contribution in [1.29, 1.82) is 0 Å². The van der Waals surface area contributed by atoms with E-state index in [0.717, 1.165) is 74.1 Å². The largest absolute Gasteiger partial charge is 2.00 e. The van der Waals surface area contributed by atoms with Crippen LogP contribution in [-0.4, -0.2) is 109 Å². The van der Waals surface area contributed by atoms with E-state index >= 15 is 0 Å². The van der Waals surface area contributed by atoms with Crippen molar-refractivity contribution < 1.29 is 60.5 Å². The molecular formula is C82H112MnN10O8S4+2. The van der Waals surface area contributed by atoms with Crippen LogP contribution in [0.25, 0.3) is 90.9 Å². The third-order valence-electron chi connectivity index (χ3n) is 21.8. The van der Waals surface area contributed by atoms with Crippen molar-refractivity contribution in [1.82, 2.24) is 38.8 Å². The van der Waals surface area contributed by atoms with Crippen LogP contribution in [0.2, 0.25) is 0 Å². The van der Waals surface area contributed by atoms with Crippen molar-refractivity contribution >= 4 is 86.5 Å². The summed E-state index contributed by atoms with van der Waals surface area (Å²) >= 11 is 0. The zero-order chi connectivity index (χ0) is 76.2. The minimum atomic E-state index is -4.14. The van der Waals surface area contributed by atoms with E-state index in [1.807, 2.05) is 156 Å². The Hall–Kier alpha value is -6.44. The summed E-state index contributed by atoms with van der Waals surface area (Å²) in [6, 6.07) is 15.1. The first-order valence-corrected chi connectivity index (χ1v) is 43.3. The van der Waals surface area contributed by atoms with Gasteiger partial charge in [0.2, 0.25) is 40.1 Å². The number of rotatable bonds is 32. The predicted molar refractivity (Wildman–Crippen MR) is 427 cm³/mol. The van der Waals surface area contributed by atoms with Gasteiger partial charge in [-0.25, -0.2) is 62.5 Å². The second-order valence-corrected chi connectivity index (χ2v) is 35.5. The Bertz CT molecular complexity index is 4530. The number of nitrogens with zero attached hydrogens (tertiary/aromatic N) is 4. The molecular weight excluding hydrogens is 1440 g/mol. The first-order valence-electron chi connectivity index (χ1n) is 37.3. The molecule has 5 heterocycles. The molecule has 23 heteroatoms. The standard InChI is InChI=1S/C82H110N10O8S4.Mn/c1-21-61(22-2)37-39-83-101(93,94)79-53(13)45-49(9)71(57(79)17)75-63-29-30-64(87-63)76(72-50(10)46-54(14)80(58(72)18)102(95,96)84-40-38-62(23-3)24-4)66-32-34-68(89-66)78(74-52(12)48-56(16)82(60(74)20)104(99,100)86-42-44-92(27-7)28-8)70-36-35-69(90-70)77(67-33-31-65(75)88-67)73-51(11)47-55(15)81(59(73)19)103(97,98)85-41-43-91(25-5)26-6;/h29-36,45-48,61-62,83-86H,21-28,37-44H2,1-20H3;/q-2;+2/p+2. The Kier molecular flexibility index (Phi) is 27.9. The molecule has 0 saturated carbocycles. The van der Waals surface area contributed by atoms with Crippen LogP contribution in [0.3, 0.4) is 0 Å². The van der Waals surface area contributed by atoms with Crippen molar-refractivity contribution in [3.8, 4) is 44.5 Å². The van der Waals surface area contributed by atoms with Crippen molar-refractivity contribution in [2.75, 3.05) is 65.4 Å². The number of benzene rings is 4. The molecule has 2 aliphatic heterocycles. The second-order valence-electron chi connectivity index (χ2n) is 28.7. The fraction of sp³-hybridized carbons (Fsp3) is 0.463. The van der Waals surface area contributed by atoms with Gasteiger partial charge >= 0.3 is 17.1 Å². The molecule has 8 bridgehead atoms. The zero-order valence-electron chi connectivity index (χ0n) is 65.5. The van der Waals surface area contributed by atoms with E-state index in [1.165, 1.54) is 9.80 Å². The van der Waals surface area contributed by atoms with Crippen LogP contribution >= 0.6 is 0 Å². The fourth-order valence-electron chi connectivity index (χ4n) is 16.4. The molecule has 105 heavy (non-hydrogen) atoms. The van der Waals surface area contributed by atoms with Crippen LogP contribution in [-0.2, 0) is 57.2 Å². The molecule has 0 unspecified atom stereocenters. The fourth-order valence-corrected chi connectivity index (χ4v) is 22.4. The number of sulfonamides is 4. The average Bonchev–Trinajstić information content (AvgIpc) is 1.67. The number of aromatic nitrogens is 4. The summed E-state index contributed by atoms with van der Waals surface area (Å²) in [6.07, 6.45) is 12.6. The van der Waals surface area contributed by atoms with Gasteiger partial charge in [0.25, 0.3) is 0 Å². The van der Waals surface area contributed by atoms with Gasteiger partial charge in [-0.15, -0.1) is 22.1 Å². The van der Waals surface area contributed by atoms with Crippen molar-refractivity contribution in [3.05, 3.63) is 138 Å². The van der Waals surface area contributed by atoms with Gasteiger partial charge in [0.05, 0.1) is 94.7 Å². The summed E-state index contributed by atoms with van der Waals surface area (Å²) in [7, 11) is -16.5. The van der Waals surface area contributed by atoms with Crippen LogP contribution in [0.4, 0.5) is 0 Å². The molecule has 3 aromatic heterocycles. The van der Waals surface area contributed by atoms with Crippen LogP contribution < -0.4 is 38.7 Å². The molecule has 0 fully saturated rings.